The van der Waals surface area contributed by atoms with E-state index in [4.69, 9.17) is 9.47 Å². The van der Waals surface area contributed by atoms with E-state index in [1.165, 1.54) is 11.3 Å². The molecular weight excluding hydrogens is 364 g/mol. The molecule has 0 saturated heterocycles. The van der Waals surface area contributed by atoms with Gasteiger partial charge in [-0.15, -0.1) is 11.3 Å². The van der Waals surface area contributed by atoms with Crippen LogP contribution < -0.4 is 4.74 Å². The highest BCUT2D eigenvalue weighted by atomic mass is 32.1. The fourth-order valence-corrected chi connectivity index (χ4v) is 3.60. The van der Waals surface area contributed by atoms with Crippen LogP contribution in [0.25, 0.3) is 5.13 Å². The Morgan fingerprint density at radius 3 is 2.56 bits per heavy atom. The summed E-state index contributed by atoms with van der Waals surface area (Å²) >= 11 is 1.50. The highest BCUT2D eigenvalue weighted by Crippen LogP contribution is 2.22. The Morgan fingerprint density at radius 1 is 1.19 bits per heavy atom. The topological polar surface area (TPSA) is 70.4 Å². The van der Waals surface area contributed by atoms with Gasteiger partial charge in [-0.2, -0.15) is 0 Å². The van der Waals surface area contributed by atoms with Crippen molar-refractivity contribution >= 4 is 23.1 Å². The van der Waals surface area contributed by atoms with Gasteiger partial charge in [-0.3, -0.25) is 14.2 Å². The zero-order valence-corrected chi connectivity index (χ0v) is 16.2. The van der Waals surface area contributed by atoms with Crippen molar-refractivity contribution in [2.24, 2.45) is 0 Å². The van der Waals surface area contributed by atoms with E-state index in [0.717, 1.165) is 27.8 Å². The molecule has 0 bridgehead atoms. The lowest BCUT2D eigenvalue weighted by atomic mass is 10.1. The summed E-state index contributed by atoms with van der Waals surface area (Å²) in [6.45, 7) is 3.50. The van der Waals surface area contributed by atoms with Crippen LogP contribution in [0.5, 0.6) is 5.75 Å². The van der Waals surface area contributed by atoms with Crippen molar-refractivity contribution < 1.29 is 19.1 Å². The predicted molar refractivity (Wildman–Crippen MR) is 103 cm³/mol. The third-order valence-corrected chi connectivity index (χ3v) is 4.97. The zero-order valence-electron chi connectivity index (χ0n) is 15.4. The van der Waals surface area contributed by atoms with Gasteiger partial charge in [0.2, 0.25) is 5.78 Å². The molecule has 1 aromatic carbocycles. The maximum absolute atomic E-state index is 12.5. The fraction of sp³-hybridized carbons (Fsp3) is 0.250. The van der Waals surface area contributed by atoms with E-state index < -0.39 is 5.97 Å². The molecule has 140 valence electrons. The lowest BCUT2D eigenvalue weighted by molar-refractivity contribution is -0.141. The quantitative estimate of drug-likeness (QED) is 0.460. The van der Waals surface area contributed by atoms with Crippen LogP contribution in [0.4, 0.5) is 0 Å². The number of hydrogen-bond acceptors (Lipinski definition) is 6. The summed E-state index contributed by atoms with van der Waals surface area (Å²) in [5, 5.41) is 2.69. The minimum absolute atomic E-state index is 0.107. The smallest absolute Gasteiger partial charge is 0.310 e. The van der Waals surface area contributed by atoms with Gasteiger partial charge in [-0.1, -0.05) is 12.1 Å². The molecule has 0 fully saturated rings. The van der Waals surface area contributed by atoms with E-state index in [9.17, 15) is 9.59 Å². The Kier molecular flexibility index (Phi) is 5.71. The van der Waals surface area contributed by atoms with E-state index in [1.807, 2.05) is 23.8 Å². The number of rotatable bonds is 7. The number of hydrogen-bond donors (Lipinski definition) is 0. The second-order valence-electron chi connectivity index (χ2n) is 6.04. The van der Waals surface area contributed by atoms with Gasteiger partial charge in [-0.05, 0) is 37.6 Å². The van der Waals surface area contributed by atoms with E-state index in [1.54, 1.807) is 43.6 Å². The van der Waals surface area contributed by atoms with Crippen molar-refractivity contribution in [3.8, 4) is 10.9 Å². The molecule has 0 aliphatic rings. The molecule has 0 amide bonds. The molecule has 27 heavy (non-hydrogen) atoms. The number of carbonyl (C=O) groups excluding carboxylic acids is 2. The molecule has 7 heteroatoms. The number of methoxy groups -OCH3 is 1. The number of thiazole rings is 1. The minimum atomic E-state index is -0.442. The summed E-state index contributed by atoms with van der Waals surface area (Å²) in [4.78, 5) is 28.8. The molecule has 0 spiro atoms. The molecule has 0 aliphatic carbocycles. The third-order valence-electron chi connectivity index (χ3n) is 4.21. The van der Waals surface area contributed by atoms with E-state index in [-0.39, 0.29) is 18.8 Å². The first-order valence-electron chi connectivity index (χ1n) is 8.40. The molecule has 2 heterocycles. The molecule has 0 radical (unpaired) electrons. The molecule has 0 aliphatic heterocycles. The van der Waals surface area contributed by atoms with E-state index >= 15 is 0 Å². The lowest BCUT2D eigenvalue weighted by Crippen LogP contribution is -2.16. The van der Waals surface area contributed by atoms with E-state index in [0.29, 0.717) is 5.56 Å². The maximum Gasteiger partial charge on any atom is 0.310 e. The second kappa shape index (κ2) is 8.18. The lowest BCUT2D eigenvalue weighted by Gasteiger charge is -2.07. The van der Waals surface area contributed by atoms with Crippen LogP contribution in [0, 0.1) is 13.8 Å². The highest BCUT2D eigenvalue weighted by Gasteiger charge is 2.19. The summed E-state index contributed by atoms with van der Waals surface area (Å²) in [6.07, 6.45) is 1.83. The van der Waals surface area contributed by atoms with Gasteiger partial charge in [-0.25, -0.2) is 4.98 Å². The number of aryl methyl sites for hydroxylation is 1. The van der Waals surface area contributed by atoms with E-state index in [2.05, 4.69) is 4.98 Å². The summed E-state index contributed by atoms with van der Waals surface area (Å²) < 4.78 is 12.2. The van der Waals surface area contributed by atoms with Crippen LogP contribution in [0.15, 0.2) is 41.9 Å². The van der Waals surface area contributed by atoms with Gasteiger partial charge in [0.15, 0.2) is 11.7 Å². The molecular formula is C20H20N2O4S. The summed E-state index contributed by atoms with van der Waals surface area (Å²) in [5.41, 5.74) is 3.05. The molecule has 0 atom stereocenters. The van der Waals surface area contributed by atoms with Crippen molar-refractivity contribution in [3.63, 3.8) is 0 Å². The summed E-state index contributed by atoms with van der Waals surface area (Å²) in [7, 11) is 1.58. The van der Waals surface area contributed by atoms with Crippen molar-refractivity contribution in [1.82, 2.24) is 9.55 Å². The number of benzene rings is 1. The maximum atomic E-state index is 12.5. The van der Waals surface area contributed by atoms with Gasteiger partial charge in [0.1, 0.15) is 5.75 Å². The van der Waals surface area contributed by atoms with Crippen LogP contribution in [0.1, 0.15) is 27.3 Å². The summed E-state index contributed by atoms with van der Waals surface area (Å²) in [6, 6.07) is 8.95. The normalized spacial score (nSPS) is 10.6. The Labute approximate surface area is 161 Å². The van der Waals surface area contributed by atoms with Crippen molar-refractivity contribution in [1.29, 1.82) is 0 Å². The van der Waals surface area contributed by atoms with Crippen molar-refractivity contribution in [2.75, 3.05) is 13.7 Å². The van der Waals surface area contributed by atoms with Crippen LogP contribution in [-0.4, -0.2) is 35.0 Å². The first-order chi connectivity index (χ1) is 13.0. The molecule has 6 nitrogen and oxygen atoms in total. The highest BCUT2D eigenvalue weighted by molar-refractivity contribution is 7.12. The number of nitrogens with zero attached hydrogens (tertiary/aromatic N) is 2. The Hall–Kier alpha value is -2.93. The van der Waals surface area contributed by atoms with Crippen LogP contribution in [0.3, 0.4) is 0 Å². The SMILES string of the molecule is COc1ccc(CC(=O)OCC(=O)c2cc(C)n(-c3nccs3)c2C)cc1. The van der Waals surface area contributed by atoms with Crippen molar-refractivity contribution in [2.45, 2.75) is 20.3 Å². The minimum Gasteiger partial charge on any atom is -0.497 e. The predicted octanol–water partition coefficient (Wildman–Crippen LogP) is 3.53. The van der Waals surface area contributed by atoms with Gasteiger partial charge >= 0.3 is 5.97 Å². The standard InChI is InChI=1S/C20H20N2O4S/c1-13-10-17(14(2)22(13)20-21-8-9-27-20)18(23)12-26-19(24)11-15-4-6-16(25-3)7-5-15/h4-10H,11-12H2,1-3H3. The molecule has 0 unspecified atom stereocenters. The molecule has 2 aromatic heterocycles. The number of aromatic nitrogens is 2. The van der Waals surface area contributed by atoms with Crippen LogP contribution in [0.2, 0.25) is 0 Å². The molecule has 0 saturated carbocycles. The zero-order chi connectivity index (χ0) is 19.4. The molecule has 3 rings (SSSR count). The van der Waals surface area contributed by atoms with Crippen molar-refractivity contribution in [3.05, 3.63) is 64.4 Å². The number of carbonyl (C=O) groups is 2. The van der Waals surface area contributed by atoms with Gasteiger partial charge in [0.25, 0.3) is 0 Å². The van der Waals surface area contributed by atoms with Crippen LogP contribution >= 0.6 is 11.3 Å². The number of ether oxygens (including phenoxy) is 2. The molecule has 0 N–H and O–H groups in total. The van der Waals surface area contributed by atoms with Gasteiger partial charge in [0, 0.05) is 28.5 Å². The van der Waals surface area contributed by atoms with Gasteiger partial charge in [0.05, 0.1) is 13.5 Å². The summed E-state index contributed by atoms with van der Waals surface area (Å²) in [5.74, 6) is 0.0501. The van der Waals surface area contributed by atoms with Crippen LogP contribution in [-0.2, 0) is 16.0 Å². The number of esters is 1. The average molecular weight is 384 g/mol. The Balaban J connectivity index is 1.62. The Morgan fingerprint density at radius 2 is 1.93 bits per heavy atom. The Bertz CT molecular complexity index is 943. The first kappa shape index (κ1) is 18.8. The third kappa shape index (κ3) is 4.25. The monoisotopic (exact) mass is 384 g/mol. The largest absolute Gasteiger partial charge is 0.497 e. The second-order valence-corrected chi connectivity index (χ2v) is 6.92. The average Bonchev–Trinajstić information content (AvgIpc) is 3.28. The first-order valence-corrected chi connectivity index (χ1v) is 9.28. The molecule has 3 aromatic rings. The number of Topliss-reactive ketones (excluding diaryl/α,β-unsaturated/α-hetero) is 1. The number of ketones is 1. The fourth-order valence-electron chi connectivity index (χ4n) is 2.85. The van der Waals surface area contributed by atoms with Gasteiger partial charge < -0.3 is 9.47 Å².